The van der Waals surface area contributed by atoms with Crippen molar-refractivity contribution in [3.05, 3.63) is 12.7 Å². The molecule has 4 atom stereocenters. The Balaban J connectivity index is 1.83. The Labute approximate surface area is 280 Å². The lowest BCUT2D eigenvalue weighted by Crippen LogP contribution is -2.63. The van der Waals surface area contributed by atoms with E-state index in [0.717, 1.165) is 44.9 Å². The summed E-state index contributed by atoms with van der Waals surface area (Å²) in [5.41, 5.74) is -0.880. The number of rotatable bonds is 13. The molecule has 47 heavy (non-hydrogen) atoms. The van der Waals surface area contributed by atoms with Gasteiger partial charge in [0.05, 0.1) is 12.6 Å². The van der Waals surface area contributed by atoms with Crippen LogP contribution < -0.4 is 21.3 Å². The maximum atomic E-state index is 14.6. The van der Waals surface area contributed by atoms with Gasteiger partial charge in [-0.25, -0.2) is 4.79 Å². The summed E-state index contributed by atoms with van der Waals surface area (Å²) in [6.45, 7) is 16.6. The molecule has 2 heterocycles. The van der Waals surface area contributed by atoms with Crippen LogP contribution in [0.2, 0.25) is 0 Å². The second-order valence-corrected chi connectivity index (χ2v) is 15.3. The van der Waals surface area contributed by atoms with E-state index in [1.165, 1.54) is 6.08 Å². The highest BCUT2D eigenvalue weighted by atomic mass is 16.2. The molecular weight excluding hydrogens is 600 g/mol. The summed E-state index contributed by atoms with van der Waals surface area (Å²) in [6, 6.07) is -2.56. The van der Waals surface area contributed by atoms with Crippen molar-refractivity contribution in [3.8, 4) is 0 Å². The number of nitrogens with one attached hydrogen (secondary N) is 4. The number of likely N-dealkylation sites (tertiary alicyclic amines) is 2. The third kappa shape index (κ3) is 10.0. The number of ketones is 1. The molecule has 264 valence electrons. The van der Waals surface area contributed by atoms with Crippen molar-refractivity contribution >= 4 is 35.4 Å². The van der Waals surface area contributed by atoms with E-state index >= 15 is 0 Å². The molecule has 3 aliphatic rings. The molecule has 1 aliphatic carbocycles. The van der Waals surface area contributed by atoms with E-state index in [4.69, 9.17) is 0 Å². The van der Waals surface area contributed by atoms with Crippen molar-refractivity contribution in [1.82, 2.24) is 31.1 Å². The van der Waals surface area contributed by atoms with Crippen molar-refractivity contribution in [2.24, 2.45) is 22.7 Å². The zero-order valence-corrected chi connectivity index (χ0v) is 29.4. The summed E-state index contributed by atoms with van der Waals surface area (Å²) in [7, 11) is 0. The molecule has 12 nitrogen and oxygen atoms in total. The largest absolute Gasteiger partial charge is 0.347 e. The lowest BCUT2D eigenvalue weighted by Gasteiger charge is -2.43. The van der Waals surface area contributed by atoms with E-state index in [-0.39, 0.29) is 41.7 Å². The Morgan fingerprint density at radius 3 is 2.26 bits per heavy atom. The van der Waals surface area contributed by atoms with Gasteiger partial charge in [0, 0.05) is 32.6 Å². The molecule has 0 unspecified atom stereocenters. The van der Waals surface area contributed by atoms with Gasteiger partial charge in [0.2, 0.25) is 23.5 Å². The molecule has 2 aliphatic heterocycles. The minimum Gasteiger partial charge on any atom is -0.347 e. The molecule has 0 radical (unpaired) electrons. The summed E-state index contributed by atoms with van der Waals surface area (Å²) < 4.78 is 0. The molecule has 6 amide bonds. The van der Waals surface area contributed by atoms with E-state index < -0.39 is 47.7 Å². The summed E-state index contributed by atoms with van der Waals surface area (Å²) in [5.74, 6) is -2.42. The first-order valence-corrected chi connectivity index (χ1v) is 17.4. The van der Waals surface area contributed by atoms with Gasteiger partial charge in [-0.15, -0.1) is 6.58 Å². The number of piperidine rings is 1. The Hall–Kier alpha value is -3.44. The molecular formula is C35H58N6O6. The van der Waals surface area contributed by atoms with Gasteiger partial charge < -0.3 is 31.1 Å². The average molecular weight is 659 g/mol. The quantitative estimate of drug-likeness (QED) is 0.176. The van der Waals surface area contributed by atoms with Crippen molar-refractivity contribution in [2.45, 2.75) is 117 Å². The highest BCUT2D eigenvalue weighted by molar-refractivity contribution is 6.37. The zero-order valence-electron chi connectivity index (χ0n) is 29.4. The Bertz CT molecular complexity index is 1170. The number of hydrogen-bond acceptors (Lipinski definition) is 6. The van der Waals surface area contributed by atoms with Gasteiger partial charge in [0.25, 0.3) is 5.91 Å². The standard InChI is InChI=1S/C35H58N6O6/c1-8-18-36-30(44)25(42)21-37-31(45)28-24(23(2)3)15-20-41(28)32(46)29(35(7)16-11-9-12-17-35)39-33(47)38-26(34(4,5)6)22-40-19-13-10-14-27(40)43/h8,23-24,26,28-29H,1,9-22H2,2-7H3,(H,36,44)(H,37,45)(H2,38,39,47)/t24-,26-,28+,29-/m1/s1. The number of Topliss-reactive ketones (excluding diaryl/α,β-unsaturated/α-hetero) is 1. The molecule has 0 aromatic rings. The lowest BCUT2D eigenvalue weighted by atomic mass is 9.70. The van der Waals surface area contributed by atoms with E-state index in [2.05, 4.69) is 27.8 Å². The van der Waals surface area contributed by atoms with Gasteiger partial charge in [-0.2, -0.15) is 0 Å². The maximum Gasteiger partial charge on any atom is 0.315 e. The van der Waals surface area contributed by atoms with Gasteiger partial charge in [-0.05, 0) is 54.8 Å². The summed E-state index contributed by atoms with van der Waals surface area (Å²) in [4.78, 5) is 82.4. The normalized spacial score (nSPS) is 22.7. The van der Waals surface area contributed by atoms with Crippen LogP contribution in [0.5, 0.6) is 0 Å². The SMILES string of the molecule is C=CCNC(=O)C(=O)CNC(=O)[C@@H]1[C@@H](C(C)C)CCN1C(=O)[C@@H](NC(=O)N[C@H](CN1CCCCC1=O)C(C)(C)C)C1(C)CCCCC1. The van der Waals surface area contributed by atoms with E-state index in [0.29, 0.717) is 32.5 Å². The highest BCUT2D eigenvalue weighted by Gasteiger charge is 2.49. The number of nitrogens with zero attached hydrogens (tertiary/aromatic N) is 2. The second-order valence-electron chi connectivity index (χ2n) is 15.3. The number of hydrogen-bond donors (Lipinski definition) is 4. The predicted octanol–water partition coefficient (Wildman–Crippen LogP) is 2.91. The molecule has 1 saturated carbocycles. The van der Waals surface area contributed by atoms with Crippen LogP contribution >= 0.6 is 0 Å². The molecule has 0 bridgehead atoms. The van der Waals surface area contributed by atoms with Gasteiger partial charge in [-0.3, -0.25) is 24.0 Å². The summed E-state index contributed by atoms with van der Waals surface area (Å²) in [5, 5.41) is 11.2. The van der Waals surface area contributed by atoms with Crippen LogP contribution in [-0.4, -0.2) is 96.1 Å². The molecule has 3 rings (SSSR count). The number of amides is 6. The number of carbonyl (C=O) groups excluding carboxylic acids is 6. The average Bonchev–Trinajstić information content (AvgIpc) is 3.47. The second kappa shape index (κ2) is 16.6. The van der Waals surface area contributed by atoms with E-state index in [1.807, 2.05) is 46.4 Å². The van der Waals surface area contributed by atoms with Crippen LogP contribution in [0, 0.1) is 22.7 Å². The summed E-state index contributed by atoms with van der Waals surface area (Å²) in [6.07, 6.45) is 8.79. The molecule has 0 aromatic heterocycles. The fraction of sp³-hybridized carbons (Fsp3) is 0.771. The first-order valence-electron chi connectivity index (χ1n) is 17.4. The fourth-order valence-corrected chi connectivity index (χ4v) is 7.20. The van der Waals surface area contributed by atoms with Gasteiger partial charge in [0.1, 0.15) is 12.1 Å². The Morgan fingerprint density at radius 2 is 1.66 bits per heavy atom. The van der Waals surface area contributed by atoms with Crippen molar-refractivity contribution in [2.75, 3.05) is 32.7 Å². The molecule has 4 N–H and O–H groups in total. The molecule has 12 heteroatoms. The van der Waals surface area contributed by atoms with Crippen molar-refractivity contribution < 1.29 is 28.8 Å². The smallest absolute Gasteiger partial charge is 0.315 e. The van der Waals surface area contributed by atoms with Crippen LogP contribution in [0.25, 0.3) is 0 Å². The third-order valence-electron chi connectivity index (χ3n) is 10.3. The third-order valence-corrected chi connectivity index (χ3v) is 10.3. The van der Waals surface area contributed by atoms with E-state index in [1.54, 1.807) is 4.90 Å². The first-order chi connectivity index (χ1) is 22.1. The molecule has 0 spiro atoms. The minimum absolute atomic E-state index is 0.0696. The fourth-order valence-electron chi connectivity index (χ4n) is 7.20. The molecule has 3 fully saturated rings. The lowest BCUT2D eigenvalue weighted by molar-refractivity contribution is -0.144. The number of carbonyl (C=O) groups is 6. The topological polar surface area (TPSA) is 157 Å². The van der Waals surface area contributed by atoms with Gasteiger partial charge in [0.15, 0.2) is 0 Å². The summed E-state index contributed by atoms with van der Waals surface area (Å²) >= 11 is 0. The van der Waals surface area contributed by atoms with Crippen molar-refractivity contribution in [1.29, 1.82) is 0 Å². The maximum absolute atomic E-state index is 14.6. The number of urea groups is 1. The molecule has 2 saturated heterocycles. The Kier molecular flexibility index (Phi) is 13.4. The molecule has 0 aromatic carbocycles. The predicted molar refractivity (Wildman–Crippen MR) is 180 cm³/mol. The van der Waals surface area contributed by atoms with Gasteiger partial charge in [-0.1, -0.05) is 66.9 Å². The van der Waals surface area contributed by atoms with Crippen LogP contribution in [0.3, 0.4) is 0 Å². The van der Waals surface area contributed by atoms with Crippen molar-refractivity contribution in [3.63, 3.8) is 0 Å². The monoisotopic (exact) mass is 658 g/mol. The van der Waals surface area contributed by atoms with Crippen LogP contribution in [-0.2, 0) is 24.0 Å². The zero-order chi connectivity index (χ0) is 34.9. The minimum atomic E-state index is -0.882. The van der Waals surface area contributed by atoms with Crippen LogP contribution in [0.1, 0.15) is 99.3 Å². The Morgan fingerprint density at radius 1 is 0.979 bits per heavy atom. The van der Waals surface area contributed by atoms with E-state index in [9.17, 15) is 28.8 Å². The highest BCUT2D eigenvalue weighted by Crippen LogP contribution is 2.41. The van der Waals surface area contributed by atoms with Crippen LogP contribution in [0.15, 0.2) is 12.7 Å². The van der Waals surface area contributed by atoms with Crippen LogP contribution in [0.4, 0.5) is 4.79 Å². The van der Waals surface area contributed by atoms with Gasteiger partial charge >= 0.3 is 6.03 Å². The first kappa shape index (κ1) is 38.0.